The second-order valence-corrected chi connectivity index (χ2v) is 6.61. The van der Waals surface area contributed by atoms with Crippen LogP contribution in [0.15, 0.2) is 42.5 Å². The fourth-order valence-electron chi connectivity index (χ4n) is 2.98. The molecule has 0 saturated carbocycles. The SMILES string of the molecule is CCOc1ccc(C(CN)Cc2ccc(C(C)C)cc2)cc1OCC. The fraction of sp³-hybridized carbons (Fsp3) is 0.455. The molecule has 3 nitrogen and oxygen atoms in total. The Morgan fingerprint density at radius 1 is 0.840 bits per heavy atom. The highest BCUT2D eigenvalue weighted by atomic mass is 16.5. The van der Waals surface area contributed by atoms with Crippen LogP contribution >= 0.6 is 0 Å². The van der Waals surface area contributed by atoms with E-state index >= 15 is 0 Å². The predicted octanol–water partition coefficient (Wildman–Crippen LogP) is 4.89. The second kappa shape index (κ2) is 9.47. The van der Waals surface area contributed by atoms with Gasteiger partial charge in [0.15, 0.2) is 11.5 Å². The first-order valence-electron chi connectivity index (χ1n) is 9.27. The van der Waals surface area contributed by atoms with Crippen molar-refractivity contribution in [1.82, 2.24) is 0 Å². The number of hydrogen-bond acceptors (Lipinski definition) is 3. The molecule has 2 aromatic rings. The first kappa shape index (κ1) is 19.3. The van der Waals surface area contributed by atoms with Crippen LogP contribution in [0.4, 0.5) is 0 Å². The number of ether oxygens (including phenoxy) is 2. The molecule has 3 heteroatoms. The minimum absolute atomic E-state index is 0.264. The zero-order valence-corrected chi connectivity index (χ0v) is 15.9. The number of nitrogens with two attached hydrogens (primary N) is 1. The van der Waals surface area contributed by atoms with Gasteiger partial charge in [0, 0.05) is 5.92 Å². The minimum Gasteiger partial charge on any atom is -0.490 e. The molecule has 2 aromatic carbocycles. The lowest BCUT2D eigenvalue weighted by Gasteiger charge is -2.19. The zero-order valence-electron chi connectivity index (χ0n) is 15.9. The van der Waals surface area contributed by atoms with E-state index in [1.165, 1.54) is 16.7 Å². The van der Waals surface area contributed by atoms with Gasteiger partial charge in [-0.2, -0.15) is 0 Å². The van der Waals surface area contributed by atoms with E-state index < -0.39 is 0 Å². The molecule has 2 rings (SSSR count). The maximum Gasteiger partial charge on any atom is 0.161 e. The Kier molecular flexibility index (Phi) is 7.32. The second-order valence-electron chi connectivity index (χ2n) is 6.61. The molecule has 0 aliphatic carbocycles. The molecule has 0 amide bonds. The van der Waals surface area contributed by atoms with E-state index in [4.69, 9.17) is 15.2 Å². The Bertz CT molecular complexity index is 650. The average Bonchev–Trinajstić information content (AvgIpc) is 2.62. The van der Waals surface area contributed by atoms with Crippen molar-refractivity contribution in [3.05, 3.63) is 59.2 Å². The van der Waals surface area contributed by atoms with Gasteiger partial charge in [-0.15, -0.1) is 0 Å². The van der Waals surface area contributed by atoms with Gasteiger partial charge in [0.25, 0.3) is 0 Å². The first-order valence-corrected chi connectivity index (χ1v) is 9.27. The smallest absolute Gasteiger partial charge is 0.161 e. The van der Waals surface area contributed by atoms with Crippen LogP contribution in [0.3, 0.4) is 0 Å². The summed E-state index contributed by atoms with van der Waals surface area (Å²) in [5.41, 5.74) is 9.96. The summed E-state index contributed by atoms with van der Waals surface area (Å²) in [6.45, 7) is 10.2. The summed E-state index contributed by atoms with van der Waals surface area (Å²) in [6.07, 6.45) is 0.925. The van der Waals surface area contributed by atoms with Gasteiger partial charge in [-0.25, -0.2) is 0 Å². The molecule has 1 atom stereocenters. The van der Waals surface area contributed by atoms with E-state index in [1.807, 2.05) is 19.9 Å². The van der Waals surface area contributed by atoms with Crippen molar-refractivity contribution in [3.63, 3.8) is 0 Å². The zero-order chi connectivity index (χ0) is 18.2. The van der Waals surface area contributed by atoms with E-state index in [0.29, 0.717) is 25.7 Å². The molecular weight excluding hydrogens is 310 g/mol. The summed E-state index contributed by atoms with van der Waals surface area (Å²) < 4.78 is 11.4. The Hall–Kier alpha value is -2.00. The number of rotatable bonds is 9. The minimum atomic E-state index is 0.264. The van der Waals surface area contributed by atoms with Gasteiger partial charge in [-0.1, -0.05) is 44.2 Å². The van der Waals surface area contributed by atoms with E-state index in [1.54, 1.807) is 0 Å². The molecule has 0 spiro atoms. The van der Waals surface area contributed by atoms with Crippen molar-refractivity contribution in [1.29, 1.82) is 0 Å². The van der Waals surface area contributed by atoms with Crippen molar-refractivity contribution >= 4 is 0 Å². The third-order valence-electron chi connectivity index (χ3n) is 4.45. The lowest BCUT2D eigenvalue weighted by molar-refractivity contribution is 0.287. The van der Waals surface area contributed by atoms with Crippen molar-refractivity contribution in [2.75, 3.05) is 19.8 Å². The molecule has 0 saturated heterocycles. The fourth-order valence-corrected chi connectivity index (χ4v) is 2.98. The maximum atomic E-state index is 6.08. The quantitative estimate of drug-likeness (QED) is 0.706. The highest BCUT2D eigenvalue weighted by Gasteiger charge is 2.14. The lowest BCUT2D eigenvalue weighted by atomic mass is 9.90. The largest absolute Gasteiger partial charge is 0.490 e. The Morgan fingerprint density at radius 2 is 1.44 bits per heavy atom. The topological polar surface area (TPSA) is 44.5 Å². The molecule has 0 aromatic heterocycles. The highest BCUT2D eigenvalue weighted by molar-refractivity contribution is 5.44. The van der Waals surface area contributed by atoms with Gasteiger partial charge in [0.1, 0.15) is 0 Å². The summed E-state index contributed by atoms with van der Waals surface area (Å²) in [7, 11) is 0. The van der Waals surface area contributed by atoms with Crippen molar-refractivity contribution in [2.24, 2.45) is 5.73 Å². The molecular formula is C22H31NO2. The van der Waals surface area contributed by atoms with Gasteiger partial charge < -0.3 is 15.2 Å². The lowest BCUT2D eigenvalue weighted by Crippen LogP contribution is -2.15. The molecule has 1 unspecified atom stereocenters. The highest BCUT2D eigenvalue weighted by Crippen LogP contribution is 2.32. The standard InChI is InChI=1S/C22H31NO2/c1-5-24-21-12-11-19(14-22(21)25-6-2)20(15-23)13-17-7-9-18(10-8-17)16(3)4/h7-12,14,16,20H,5-6,13,15,23H2,1-4H3. The first-order chi connectivity index (χ1) is 12.1. The summed E-state index contributed by atoms with van der Waals surface area (Å²) in [5.74, 6) is 2.42. The van der Waals surface area contributed by atoms with Crippen LogP contribution in [0.5, 0.6) is 11.5 Å². The maximum absolute atomic E-state index is 6.08. The summed E-state index contributed by atoms with van der Waals surface area (Å²) in [6, 6.07) is 15.1. The number of benzene rings is 2. The normalized spacial score (nSPS) is 12.2. The Morgan fingerprint density at radius 3 is 2.00 bits per heavy atom. The molecule has 0 aliphatic heterocycles. The van der Waals surface area contributed by atoms with Gasteiger partial charge in [-0.3, -0.25) is 0 Å². The molecule has 0 aliphatic rings. The van der Waals surface area contributed by atoms with Gasteiger partial charge in [0.2, 0.25) is 0 Å². The average molecular weight is 341 g/mol. The van der Waals surface area contributed by atoms with Crippen molar-refractivity contribution in [3.8, 4) is 11.5 Å². The van der Waals surface area contributed by atoms with Gasteiger partial charge in [-0.05, 0) is 61.6 Å². The molecule has 0 fully saturated rings. The molecule has 0 heterocycles. The van der Waals surface area contributed by atoms with Gasteiger partial charge in [0.05, 0.1) is 13.2 Å². The van der Waals surface area contributed by atoms with Crippen molar-refractivity contribution < 1.29 is 9.47 Å². The molecule has 136 valence electrons. The van der Waals surface area contributed by atoms with E-state index in [9.17, 15) is 0 Å². The monoisotopic (exact) mass is 341 g/mol. The van der Waals surface area contributed by atoms with Gasteiger partial charge >= 0.3 is 0 Å². The molecule has 0 radical (unpaired) electrons. The van der Waals surface area contributed by atoms with E-state index in [-0.39, 0.29) is 5.92 Å². The molecule has 0 bridgehead atoms. The van der Waals surface area contributed by atoms with E-state index in [0.717, 1.165) is 17.9 Å². The van der Waals surface area contributed by atoms with Crippen molar-refractivity contribution in [2.45, 2.75) is 46.0 Å². The third-order valence-corrected chi connectivity index (χ3v) is 4.45. The molecule has 25 heavy (non-hydrogen) atoms. The predicted molar refractivity (Wildman–Crippen MR) is 105 cm³/mol. The van der Waals surface area contributed by atoms with Crippen LogP contribution < -0.4 is 15.2 Å². The van der Waals surface area contributed by atoms with Crippen LogP contribution in [-0.4, -0.2) is 19.8 Å². The van der Waals surface area contributed by atoms with Crippen LogP contribution in [0.1, 0.15) is 56.2 Å². The third kappa shape index (κ3) is 5.23. The summed E-state index contributed by atoms with van der Waals surface area (Å²) in [4.78, 5) is 0. The molecule has 2 N–H and O–H groups in total. The Balaban J connectivity index is 2.20. The summed E-state index contributed by atoms with van der Waals surface area (Å²) in [5, 5.41) is 0. The van der Waals surface area contributed by atoms with Crippen LogP contribution in [0.25, 0.3) is 0 Å². The van der Waals surface area contributed by atoms with E-state index in [2.05, 4.69) is 50.2 Å². The number of hydrogen-bond donors (Lipinski definition) is 1. The van der Waals surface area contributed by atoms with Crippen LogP contribution in [-0.2, 0) is 6.42 Å². The Labute approximate surface area is 152 Å². The van der Waals surface area contributed by atoms with Crippen LogP contribution in [0.2, 0.25) is 0 Å². The van der Waals surface area contributed by atoms with Crippen LogP contribution in [0, 0.1) is 0 Å². The summed E-state index contributed by atoms with van der Waals surface area (Å²) >= 11 is 0.